The van der Waals surface area contributed by atoms with Crippen molar-refractivity contribution in [3.63, 3.8) is 0 Å². The second-order valence-corrected chi connectivity index (χ2v) is 6.38. The zero-order valence-corrected chi connectivity index (χ0v) is 15.6. The van der Waals surface area contributed by atoms with Gasteiger partial charge in [0.2, 0.25) is 0 Å². The summed E-state index contributed by atoms with van der Waals surface area (Å²) in [6.45, 7) is 0.459. The van der Waals surface area contributed by atoms with Crippen LogP contribution in [0.15, 0.2) is 71.1 Å². The van der Waals surface area contributed by atoms with Gasteiger partial charge < -0.3 is 14.3 Å². The van der Waals surface area contributed by atoms with Crippen molar-refractivity contribution in [2.24, 2.45) is 0 Å². The maximum atomic E-state index is 10.8. The standard InChI is InChI=1S/C24H22O4/c25-24(26)18-20-10-7-12-22(17-20)27-15-6-2-5-11-21-13-14-23(28-21)16-19-8-3-1-4-9-19/h1,3-4,7-10,12-14,17H,6,11,15-16,18H2,(H,25,26). The largest absolute Gasteiger partial charge is 0.493 e. The van der Waals surface area contributed by atoms with Crippen molar-refractivity contribution in [3.05, 3.63) is 89.4 Å². The summed E-state index contributed by atoms with van der Waals surface area (Å²) in [6.07, 6.45) is 1.94. The third kappa shape index (κ3) is 6.37. The fraction of sp³-hybridized carbons (Fsp3) is 0.208. The van der Waals surface area contributed by atoms with Crippen LogP contribution in [0.3, 0.4) is 0 Å². The summed E-state index contributed by atoms with van der Waals surface area (Å²) in [5.74, 6) is 7.79. The summed E-state index contributed by atoms with van der Waals surface area (Å²) < 4.78 is 11.5. The molecule has 3 rings (SSSR count). The molecule has 0 spiro atoms. The molecule has 1 heterocycles. The van der Waals surface area contributed by atoms with Gasteiger partial charge in [0.05, 0.1) is 19.4 Å². The van der Waals surface area contributed by atoms with E-state index in [4.69, 9.17) is 14.3 Å². The van der Waals surface area contributed by atoms with Gasteiger partial charge >= 0.3 is 5.97 Å². The summed E-state index contributed by atoms with van der Waals surface area (Å²) in [6, 6.07) is 21.3. The first kappa shape index (κ1) is 19.3. The topological polar surface area (TPSA) is 59.7 Å². The molecule has 142 valence electrons. The van der Waals surface area contributed by atoms with Crippen LogP contribution in [0.4, 0.5) is 0 Å². The third-order valence-electron chi connectivity index (χ3n) is 4.08. The van der Waals surface area contributed by atoms with Crippen molar-refractivity contribution in [2.75, 3.05) is 6.61 Å². The summed E-state index contributed by atoms with van der Waals surface area (Å²) in [5, 5.41) is 8.83. The molecule has 0 radical (unpaired) electrons. The molecule has 0 aliphatic heterocycles. The number of carbonyl (C=O) groups is 1. The van der Waals surface area contributed by atoms with Gasteiger partial charge in [-0.25, -0.2) is 0 Å². The summed E-state index contributed by atoms with van der Waals surface area (Å²) in [7, 11) is 0. The first-order valence-electron chi connectivity index (χ1n) is 9.20. The van der Waals surface area contributed by atoms with E-state index in [1.54, 1.807) is 18.2 Å². The van der Waals surface area contributed by atoms with Crippen LogP contribution < -0.4 is 4.74 Å². The zero-order valence-electron chi connectivity index (χ0n) is 15.6. The predicted octanol–water partition coefficient (Wildman–Crippen LogP) is 4.51. The first-order valence-corrected chi connectivity index (χ1v) is 9.20. The molecule has 1 N–H and O–H groups in total. The lowest BCUT2D eigenvalue weighted by Crippen LogP contribution is -2.01. The zero-order chi connectivity index (χ0) is 19.6. The molecule has 0 saturated carbocycles. The van der Waals surface area contributed by atoms with E-state index in [0.29, 0.717) is 25.2 Å². The molecule has 0 saturated heterocycles. The number of aliphatic carboxylic acids is 1. The van der Waals surface area contributed by atoms with Gasteiger partial charge in [-0.15, -0.1) is 0 Å². The second kappa shape index (κ2) is 10.0. The lowest BCUT2D eigenvalue weighted by Gasteiger charge is -2.05. The Morgan fingerprint density at radius 2 is 1.71 bits per heavy atom. The second-order valence-electron chi connectivity index (χ2n) is 6.38. The van der Waals surface area contributed by atoms with Crippen LogP contribution in [0, 0.1) is 11.8 Å². The van der Waals surface area contributed by atoms with E-state index in [1.165, 1.54) is 5.56 Å². The Balaban J connectivity index is 1.40. The smallest absolute Gasteiger partial charge is 0.307 e. The number of carboxylic acid groups (broad SMARTS) is 1. The molecule has 2 aromatic carbocycles. The van der Waals surface area contributed by atoms with Crippen molar-refractivity contribution in [1.82, 2.24) is 0 Å². The van der Waals surface area contributed by atoms with Crippen LogP contribution in [-0.2, 0) is 24.1 Å². The Bertz CT molecular complexity index is 961. The number of ether oxygens (including phenoxy) is 1. The van der Waals surface area contributed by atoms with Crippen molar-refractivity contribution in [3.8, 4) is 17.6 Å². The molecule has 0 bridgehead atoms. The molecule has 0 unspecified atom stereocenters. The average molecular weight is 374 g/mol. The minimum Gasteiger partial charge on any atom is -0.493 e. The maximum absolute atomic E-state index is 10.8. The molecule has 4 nitrogen and oxygen atoms in total. The Hall–Kier alpha value is -3.45. The van der Waals surface area contributed by atoms with E-state index in [0.717, 1.165) is 23.5 Å². The molecule has 28 heavy (non-hydrogen) atoms. The molecule has 0 aliphatic carbocycles. The van der Waals surface area contributed by atoms with Gasteiger partial charge in [-0.2, -0.15) is 0 Å². The Labute approximate surface area is 164 Å². The fourth-order valence-electron chi connectivity index (χ4n) is 2.79. The molecule has 0 amide bonds. The van der Waals surface area contributed by atoms with Crippen LogP contribution in [-0.4, -0.2) is 17.7 Å². The summed E-state index contributed by atoms with van der Waals surface area (Å²) in [4.78, 5) is 10.8. The number of furan rings is 1. The van der Waals surface area contributed by atoms with Gasteiger partial charge in [-0.3, -0.25) is 4.79 Å². The number of carboxylic acids is 1. The molecule has 4 heteroatoms. The van der Waals surface area contributed by atoms with Gasteiger partial charge in [0.15, 0.2) is 0 Å². The third-order valence-corrected chi connectivity index (χ3v) is 4.08. The molecule has 3 aromatic rings. The van der Waals surface area contributed by atoms with Crippen molar-refractivity contribution >= 4 is 5.97 Å². The van der Waals surface area contributed by atoms with Crippen LogP contribution >= 0.6 is 0 Å². The Kier molecular flexibility index (Phi) is 6.92. The fourth-order valence-corrected chi connectivity index (χ4v) is 2.79. The highest BCUT2D eigenvalue weighted by Gasteiger charge is 2.03. The van der Waals surface area contributed by atoms with E-state index in [2.05, 4.69) is 24.0 Å². The molecular weight excluding hydrogens is 352 g/mol. The van der Waals surface area contributed by atoms with Gasteiger partial charge in [0, 0.05) is 12.8 Å². The monoisotopic (exact) mass is 374 g/mol. The molecule has 1 aromatic heterocycles. The SMILES string of the molecule is O=C(O)Cc1cccc(OCCC#CCc2ccc(Cc3ccccc3)o2)c1. The maximum Gasteiger partial charge on any atom is 0.307 e. The average Bonchev–Trinajstić information content (AvgIpc) is 3.12. The van der Waals surface area contributed by atoms with E-state index < -0.39 is 5.97 Å². The number of benzene rings is 2. The molecular formula is C24H22O4. The normalized spacial score (nSPS) is 10.1. The predicted molar refractivity (Wildman–Crippen MR) is 107 cm³/mol. The summed E-state index contributed by atoms with van der Waals surface area (Å²) >= 11 is 0. The van der Waals surface area contributed by atoms with E-state index in [1.807, 2.05) is 36.4 Å². The van der Waals surface area contributed by atoms with Crippen LogP contribution in [0.1, 0.15) is 29.1 Å². The highest BCUT2D eigenvalue weighted by Crippen LogP contribution is 2.15. The summed E-state index contributed by atoms with van der Waals surface area (Å²) in [5.41, 5.74) is 1.94. The highest BCUT2D eigenvalue weighted by molar-refractivity contribution is 5.70. The van der Waals surface area contributed by atoms with Crippen LogP contribution in [0.5, 0.6) is 5.75 Å². The Morgan fingerprint density at radius 1 is 0.929 bits per heavy atom. The van der Waals surface area contributed by atoms with E-state index in [-0.39, 0.29) is 6.42 Å². The number of hydrogen-bond donors (Lipinski definition) is 1. The van der Waals surface area contributed by atoms with Crippen molar-refractivity contribution in [1.29, 1.82) is 0 Å². The van der Waals surface area contributed by atoms with Crippen molar-refractivity contribution in [2.45, 2.75) is 25.7 Å². The Morgan fingerprint density at radius 3 is 2.54 bits per heavy atom. The van der Waals surface area contributed by atoms with Crippen LogP contribution in [0.2, 0.25) is 0 Å². The van der Waals surface area contributed by atoms with Gasteiger partial charge in [-0.05, 0) is 35.4 Å². The lowest BCUT2D eigenvalue weighted by molar-refractivity contribution is -0.136. The lowest BCUT2D eigenvalue weighted by atomic mass is 10.1. The van der Waals surface area contributed by atoms with E-state index in [9.17, 15) is 4.79 Å². The minimum atomic E-state index is -0.854. The first-order chi connectivity index (χ1) is 13.7. The van der Waals surface area contributed by atoms with Crippen LogP contribution in [0.25, 0.3) is 0 Å². The van der Waals surface area contributed by atoms with Gasteiger partial charge in [-0.1, -0.05) is 54.3 Å². The number of hydrogen-bond acceptors (Lipinski definition) is 3. The molecule has 0 fully saturated rings. The number of rotatable bonds is 8. The molecule has 0 atom stereocenters. The van der Waals surface area contributed by atoms with Crippen molar-refractivity contribution < 1.29 is 19.1 Å². The van der Waals surface area contributed by atoms with Gasteiger partial charge in [0.1, 0.15) is 17.3 Å². The minimum absolute atomic E-state index is 0.00753. The van der Waals surface area contributed by atoms with E-state index >= 15 is 0 Å². The quantitative estimate of drug-likeness (QED) is 0.465. The van der Waals surface area contributed by atoms with Gasteiger partial charge in [0.25, 0.3) is 0 Å². The molecule has 0 aliphatic rings. The highest BCUT2D eigenvalue weighted by atomic mass is 16.5.